The van der Waals surface area contributed by atoms with Crippen LogP contribution >= 0.6 is 0 Å². The summed E-state index contributed by atoms with van der Waals surface area (Å²) < 4.78 is 5.85. The Morgan fingerprint density at radius 2 is 1.95 bits per heavy atom. The molecule has 1 aliphatic rings. The van der Waals surface area contributed by atoms with Gasteiger partial charge in [0.1, 0.15) is 12.4 Å². The van der Waals surface area contributed by atoms with Gasteiger partial charge < -0.3 is 16.2 Å². The van der Waals surface area contributed by atoms with Crippen molar-refractivity contribution in [2.24, 2.45) is 11.5 Å². The van der Waals surface area contributed by atoms with Crippen LogP contribution in [0.3, 0.4) is 0 Å². The number of carbonyl (C=O) groups is 1. The summed E-state index contributed by atoms with van der Waals surface area (Å²) in [5, 5.41) is 0. The summed E-state index contributed by atoms with van der Waals surface area (Å²) in [6.07, 6.45) is 2.43. The normalized spacial score (nSPS) is 16.9. The van der Waals surface area contributed by atoms with E-state index in [2.05, 4.69) is 0 Å². The first-order valence-corrected chi connectivity index (χ1v) is 7.52. The van der Waals surface area contributed by atoms with Crippen molar-refractivity contribution in [1.29, 1.82) is 0 Å². The van der Waals surface area contributed by atoms with Gasteiger partial charge in [-0.15, -0.1) is 0 Å². The first kappa shape index (κ1) is 14.6. The van der Waals surface area contributed by atoms with Gasteiger partial charge in [0, 0.05) is 6.04 Å². The van der Waals surface area contributed by atoms with Crippen LogP contribution in [0.15, 0.2) is 42.5 Å². The largest absolute Gasteiger partial charge is 0.488 e. The van der Waals surface area contributed by atoms with E-state index in [4.69, 9.17) is 16.2 Å². The van der Waals surface area contributed by atoms with Crippen molar-refractivity contribution in [2.75, 3.05) is 0 Å². The van der Waals surface area contributed by atoms with Crippen molar-refractivity contribution in [2.45, 2.75) is 31.9 Å². The summed E-state index contributed by atoms with van der Waals surface area (Å²) >= 11 is 0. The van der Waals surface area contributed by atoms with E-state index in [0.29, 0.717) is 17.9 Å². The number of nitrogens with two attached hydrogens (primary N) is 2. The molecule has 3 rings (SSSR count). The highest BCUT2D eigenvalue weighted by Gasteiger charge is 2.23. The van der Waals surface area contributed by atoms with Crippen LogP contribution < -0.4 is 16.2 Å². The van der Waals surface area contributed by atoms with Crippen LogP contribution in [0.25, 0.3) is 0 Å². The molecule has 4 heteroatoms. The zero-order valence-corrected chi connectivity index (χ0v) is 12.4. The third-order valence-corrected chi connectivity index (χ3v) is 4.10. The van der Waals surface area contributed by atoms with Crippen molar-refractivity contribution in [1.82, 2.24) is 0 Å². The van der Waals surface area contributed by atoms with E-state index in [9.17, 15) is 4.79 Å². The Hall–Kier alpha value is -2.33. The topological polar surface area (TPSA) is 78.3 Å². The Labute approximate surface area is 130 Å². The molecule has 0 saturated carbocycles. The molecule has 2 aromatic rings. The number of ether oxygens (including phenoxy) is 1. The Balaban J connectivity index is 1.89. The number of benzene rings is 2. The molecule has 1 amide bonds. The van der Waals surface area contributed by atoms with Crippen LogP contribution in [-0.4, -0.2) is 11.9 Å². The average Bonchev–Trinajstić information content (AvgIpc) is 2.53. The van der Waals surface area contributed by atoms with Crippen molar-refractivity contribution in [3.8, 4) is 5.75 Å². The van der Waals surface area contributed by atoms with E-state index in [0.717, 1.165) is 36.0 Å². The average molecular weight is 296 g/mol. The molecule has 2 aromatic carbocycles. The second-order valence-electron chi connectivity index (χ2n) is 5.72. The standard InChI is InChI=1S/C18H20N2O2/c19-14-7-8-15-13(10-14)6-9-16(17(15)18(20)21)22-11-12-4-2-1-3-5-12/h1-6,9,14H,7-8,10-11,19H2,(H2,20,21). The van der Waals surface area contributed by atoms with Gasteiger partial charge in [0.25, 0.3) is 5.91 Å². The quantitative estimate of drug-likeness (QED) is 0.907. The number of primary amides is 1. The maximum absolute atomic E-state index is 11.9. The molecule has 22 heavy (non-hydrogen) atoms. The van der Waals surface area contributed by atoms with Crippen LogP contribution in [0.1, 0.15) is 33.5 Å². The van der Waals surface area contributed by atoms with E-state index in [1.54, 1.807) is 0 Å². The molecule has 0 aliphatic heterocycles. The predicted molar refractivity (Wildman–Crippen MR) is 85.7 cm³/mol. The molecule has 4 N–H and O–H groups in total. The summed E-state index contributed by atoms with van der Waals surface area (Å²) in [5.74, 6) is 0.126. The Bertz CT molecular complexity index is 683. The summed E-state index contributed by atoms with van der Waals surface area (Å²) in [6, 6.07) is 13.8. The van der Waals surface area contributed by atoms with Gasteiger partial charge in [-0.2, -0.15) is 0 Å². The first-order valence-electron chi connectivity index (χ1n) is 7.52. The molecule has 0 radical (unpaired) electrons. The van der Waals surface area contributed by atoms with Crippen LogP contribution in [0.2, 0.25) is 0 Å². The van der Waals surface area contributed by atoms with E-state index in [1.165, 1.54) is 0 Å². The van der Waals surface area contributed by atoms with E-state index in [1.807, 2.05) is 42.5 Å². The van der Waals surface area contributed by atoms with Gasteiger partial charge in [-0.25, -0.2) is 0 Å². The zero-order valence-electron chi connectivity index (χ0n) is 12.4. The van der Waals surface area contributed by atoms with Crippen molar-refractivity contribution < 1.29 is 9.53 Å². The lowest BCUT2D eigenvalue weighted by atomic mass is 9.85. The van der Waals surface area contributed by atoms with Crippen LogP contribution in [0.5, 0.6) is 5.75 Å². The third kappa shape index (κ3) is 2.97. The zero-order chi connectivity index (χ0) is 15.5. The number of fused-ring (bicyclic) bond motifs is 1. The Kier molecular flexibility index (Phi) is 4.11. The molecule has 0 fully saturated rings. The van der Waals surface area contributed by atoms with Gasteiger partial charge in [-0.05, 0) is 42.0 Å². The summed E-state index contributed by atoms with van der Waals surface area (Å²) in [6.45, 7) is 0.416. The fourth-order valence-corrected chi connectivity index (χ4v) is 2.99. The van der Waals surface area contributed by atoms with Gasteiger partial charge in [0.2, 0.25) is 0 Å². The molecule has 1 aliphatic carbocycles. The maximum Gasteiger partial charge on any atom is 0.252 e. The van der Waals surface area contributed by atoms with Crippen molar-refractivity contribution in [3.05, 3.63) is 64.7 Å². The van der Waals surface area contributed by atoms with Crippen LogP contribution in [0, 0.1) is 0 Å². The predicted octanol–water partition coefficient (Wildman–Crippen LogP) is 2.18. The molecule has 0 saturated heterocycles. The highest BCUT2D eigenvalue weighted by Crippen LogP contribution is 2.31. The summed E-state index contributed by atoms with van der Waals surface area (Å²) in [5.41, 5.74) is 15.3. The first-order chi connectivity index (χ1) is 10.6. The van der Waals surface area contributed by atoms with Crippen molar-refractivity contribution in [3.63, 3.8) is 0 Å². The molecule has 0 spiro atoms. The molecule has 0 aromatic heterocycles. The fraction of sp³-hybridized carbons (Fsp3) is 0.278. The fourth-order valence-electron chi connectivity index (χ4n) is 2.99. The summed E-state index contributed by atoms with van der Waals surface area (Å²) in [7, 11) is 0. The van der Waals surface area contributed by atoms with Crippen LogP contribution in [-0.2, 0) is 19.4 Å². The number of hydrogen-bond donors (Lipinski definition) is 2. The van der Waals surface area contributed by atoms with Crippen molar-refractivity contribution >= 4 is 5.91 Å². The molecule has 0 heterocycles. The molecule has 0 bridgehead atoms. The van der Waals surface area contributed by atoms with Crippen LogP contribution in [0.4, 0.5) is 0 Å². The molecular weight excluding hydrogens is 276 g/mol. The summed E-state index contributed by atoms with van der Waals surface area (Å²) in [4.78, 5) is 11.9. The lowest BCUT2D eigenvalue weighted by Gasteiger charge is -2.24. The van der Waals surface area contributed by atoms with E-state index < -0.39 is 5.91 Å². The smallest absolute Gasteiger partial charge is 0.252 e. The Morgan fingerprint density at radius 1 is 1.18 bits per heavy atom. The maximum atomic E-state index is 11.9. The van der Waals surface area contributed by atoms with E-state index in [-0.39, 0.29) is 6.04 Å². The minimum Gasteiger partial charge on any atom is -0.488 e. The second-order valence-corrected chi connectivity index (χ2v) is 5.72. The molecular formula is C18H20N2O2. The molecule has 1 unspecified atom stereocenters. The minimum atomic E-state index is -0.435. The second kappa shape index (κ2) is 6.20. The molecule has 114 valence electrons. The van der Waals surface area contributed by atoms with Gasteiger partial charge in [-0.1, -0.05) is 36.4 Å². The monoisotopic (exact) mass is 296 g/mol. The molecule has 1 atom stereocenters. The third-order valence-electron chi connectivity index (χ3n) is 4.10. The number of hydrogen-bond acceptors (Lipinski definition) is 3. The number of amides is 1. The lowest BCUT2D eigenvalue weighted by molar-refractivity contribution is 0.0994. The van der Waals surface area contributed by atoms with Gasteiger partial charge >= 0.3 is 0 Å². The SMILES string of the molecule is NC(=O)c1c(OCc2ccccc2)ccc2c1CCC(N)C2. The Morgan fingerprint density at radius 3 is 2.68 bits per heavy atom. The highest BCUT2D eigenvalue weighted by atomic mass is 16.5. The molecule has 4 nitrogen and oxygen atoms in total. The van der Waals surface area contributed by atoms with Gasteiger partial charge in [0.15, 0.2) is 0 Å². The van der Waals surface area contributed by atoms with Gasteiger partial charge in [-0.3, -0.25) is 4.79 Å². The lowest BCUT2D eigenvalue weighted by Crippen LogP contribution is -2.29. The minimum absolute atomic E-state index is 0.157. The number of carbonyl (C=O) groups excluding carboxylic acids is 1. The van der Waals surface area contributed by atoms with E-state index >= 15 is 0 Å². The van der Waals surface area contributed by atoms with Gasteiger partial charge in [0.05, 0.1) is 5.56 Å². The number of rotatable bonds is 4. The highest BCUT2D eigenvalue weighted by molar-refractivity contribution is 5.97.